The lowest BCUT2D eigenvalue weighted by Gasteiger charge is -2.38. The van der Waals surface area contributed by atoms with Crippen LogP contribution < -0.4 is 5.32 Å². The lowest BCUT2D eigenvalue weighted by atomic mass is 9.75. The summed E-state index contributed by atoms with van der Waals surface area (Å²) >= 11 is 3.55. The van der Waals surface area contributed by atoms with Crippen molar-refractivity contribution in [3.8, 4) is 0 Å². The minimum atomic E-state index is -0.162. The van der Waals surface area contributed by atoms with Crippen LogP contribution in [0.1, 0.15) is 32.3 Å². The first-order valence-corrected chi connectivity index (χ1v) is 8.52. The highest BCUT2D eigenvalue weighted by molar-refractivity contribution is 9.10. The van der Waals surface area contributed by atoms with Crippen molar-refractivity contribution in [2.75, 3.05) is 26.3 Å². The van der Waals surface area contributed by atoms with E-state index in [0.717, 1.165) is 55.6 Å². The lowest BCUT2D eigenvalue weighted by molar-refractivity contribution is 0.0146. The molecule has 1 N–H and O–H groups in total. The molecule has 1 aromatic carbocycles. The van der Waals surface area contributed by atoms with Gasteiger partial charge in [-0.05, 0) is 60.9 Å². The average molecular weight is 358 g/mol. The van der Waals surface area contributed by atoms with E-state index in [4.69, 9.17) is 4.74 Å². The van der Waals surface area contributed by atoms with E-state index in [1.54, 1.807) is 12.1 Å². The Morgan fingerprint density at radius 3 is 2.71 bits per heavy atom. The molecule has 0 aliphatic carbocycles. The molecule has 0 aromatic heterocycles. The van der Waals surface area contributed by atoms with Gasteiger partial charge in [0.25, 0.3) is 0 Å². The van der Waals surface area contributed by atoms with Gasteiger partial charge in [0.2, 0.25) is 0 Å². The first-order chi connectivity index (χ1) is 10.0. The van der Waals surface area contributed by atoms with E-state index in [2.05, 4.69) is 35.1 Å². The Morgan fingerprint density at radius 1 is 1.33 bits per heavy atom. The Balaban J connectivity index is 2.09. The zero-order valence-electron chi connectivity index (χ0n) is 12.9. The second kappa shape index (κ2) is 7.70. The largest absolute Gasteiger partial charge is 0.381 e. The maximum atomic E-state index is 13.5. The van der Waals surface area contributed by atoms with Crippen LogP contribution in [0.3, 0.4) is 0 Å². The third-order valence-corrected chi connectivity index (χ3v) is 4.95. The van der Waals surface area contributed by atoms with E-state index in [1.807, 2.05) is 0 Å². The van der Waals surface area contributed by atoms with E-state index in [0.29, 0.717) is 5.92 Å². The van der Waals surface area contributed by atoms with Gasteiger partial charge in [-0.3, -0.25) is 0 Å². The number of ether oxygens (including phenoxy) is 1. The molecule has 1 aliphatic rings. The third kappa shape index (κ3) is 5.04. The molecule has 0 radical (unpaired) electrons. The van der Waals surface area contributed by atoms with Gasteiger partial charge in [0.05, 0.1) is 0 Å². The van der Waals surface area contributed by atoms with E-state index in [1.165, 1.54) is 6.07 Å². The second-order valence-electron chi connectivity index (χ2n) is 6.55. The Hall–Kier alpha value is -0.450. The fourth-order valence-electron chi connectivity index (χ4n) is 2.93. The third-order valence-electron chi connectivity index (χ3n) is 4.18. The number of benzene rings is 1. The molecule has 1 aliphatic heterocycles. The number of hydrogen-bond acceptors (Lipinski definition) is 2. The molecule has 0 saturated carbocycles. The van der Waals surface area contributed by atoms with Crippen molar-refractivity contribution < 1.29 is 9.13 Å². The minimum absolute atomic E-state index is 0.162. The summed E-state index contributed by atoms with van der Waals surface area (Å²) in [5.74, 6) is 0.480. The predicted octanol–water partition coefficient (Wildman–Crippen LogP) is 4.17. The first-order valence-electron chi connectivity index (χ1n) is 7.73. The number of rotatable bonds is 6. The smallest absolute Gasteiger partial charge is 0.123 e. The summed E-state index contributed by atoms with van der Waals surface area (Å²) < 4.78 is 20.1. The predicted molar refractivity (Wildman–Crippen MR) is 88.0 cm³/mol. The van der Waals surface area contributed by atoms with Crippen molar-refractivity contribution in [1.29, 1.82) is 0 Å². The van der Waals surface area contributed by atoms with Gasteiger partial charge in [0.15, 0.2) is 0 Å². The van der Waals surface area contributed by atoms with Crippen LogP contribution in [0.15, 0.2) is 22.7 Å². The van der Waals surface area contributed by atoms with E-state index in [-0.39, 0.29) is 11.2 Å². The summed E-state index contributed by atoms with van der Waals surface area (Å²) in [7, 11) is 0. The van der Waals surface area contributed by atoms with Gasteiger partial charge in [-0.25, -0.2) is 4.39 Å². The van der Waals surface area contributed by atoms with Gasteiger partial charge in [0.1, 0.15) is 5.82 Å². The normalized spacial score (nSPS) is 18.1. The minimum Gasteiger partial charge on any atom is -0.381 e. The lowest BCUT2D eigenvalue weighted by Crippen LogP contribution is -2.41. The Labute approximate surface area is 135 Å². The molecule has 0 unspecified atom stereocenters. The van der Waals surface area contributed by atoms with Crippen LogP contribution in [0, 0.1) is 17.2 Å². The van der Waals surface area contributed by atoms with Crippen LogP contribution in [0.2, 0.25) is 0 Å². The molecule has 0 bridgehead atoms. The molecule has 0 atom stereocenters. The SMILES string of the molecule is CC(C)CNCC1(Cc2cc(F)ccc2Br)CCOCC1. The van der Waals surface area contributed by atoms with Gasteiger partial charge in [-0.1, -0.05) is 29.8 Å². The number of halogens is 2. The maximum Gasteiger partial charge on any atom is 0.123 e. The number of nitrogens with one attached hydrogen (secondary N) is 1. The van der Waals surface area contributed by atoms with Crippen LogP contribution >= 0.6 is 15.9 Å². The molecule has 1 aromatic rings. The zero-order valence-corrected chi connectivity index (χ0v) is 14.5. The van der Waals surface area contributed by atoms with Crippen LogP contribution in [0.4, 0.5) is 4.39 Å². The summed E-state index contributed by atoms with van der Waals surface area (Å²) in [6, 6.07) is 4.96. The van der Waals surface area contributed by atoms with Crippen molar-refractivity contribution >= 4 is 15.9 Å². The molecule has 1 heterocycles. The zero-order chi connectivity index (χ0) is 15.3. The molecular formula is C17H25BrFNO. The highest BCUT2D eigenvalue weighted by Crippen LogP contribution is 2.36. The molecule has 2 rings (SSSR count). The fraction of sp³-hybridized carbons (Fsp3) is 0.647. The highest BCUT2D eigenvalue weighted by Gasteiger charge is 2.33. The Bertz CT molecular complexity index is 458. The standard InChI is InChI=1S/C17H25BrFNO/c1-13(2)11-20-12-17(5-7-21-8-6-17)10-14-9-15(19)3-4-16(14)18/h3-4,9,13,20H,5-8,10-12H2,1-2H3. The molecule has 21 heavy (non-hydrogen) atoms. The molecule has 118 valence electrons. The fourth-order valence-corrected chi connectivity index (χ4v) is 3.32. The van der Waals surface area contributed by atoms with Gasteiger partial charge in [-0.15, -0.1) is 0 Å². The van der Waals surface area contributed by atoms with Crippen LogP contribution in [-0.4, -0.2) is 26.3 Å². The van der Waals surface area contributed by atoms with Gasteiger partial charge < -0.3 is 10.1 Å². The number of hydrogen-bond donors (Lipinski definition) is 1. The summed E-state index contributed by atoms with van der Waals surface area (Å²) in [5, 5.41) is 3.59. The molecule has 0 amide bonds. The maximum absolute atomic E-state index is 13.5. The van der Waals surface area contributed by atoms with Gasteiger partial charge in [-0.2, -0.15) is 0 Å². The summed E-state index contributed by atoms with van der Waals surface area (Å²) in [4.78, 5) is 0. The van der Waals surface area contributed by atoms with Gasteiger partial charge >= 0.3 is 0 Å². The summed E-state index contributed by atoms with van der Waals surface area (Å²) in [6.07, 6.45) is 2.95. The van der Waals surface area contributed by atoms with Crippen molar-refractivity contribution in [1.82, 2.24) is 5.32 Å². The van der Waals surface area contributed by atoms with Crippen molar-refractivity contribution in [3.63, 3.8) is 0 Å². The van der Waals surface area contributed by atoms with Crippen molar-refractivity contribution in [2.45, 2.75) is 33.1 Å². The van der Waals surface area contributed by atoms with Crippen LogP contribution in [0.5, 0.6) is 0 Å². The molecule has 2 nitrogen and oxygen atoms in total. The van der Waals surface area contributed by atoms with Crippen molar-refractivity contribution in [3.05, 3.63) is 34.1 Å². The quantitative estimate of drug-likeness (QED) is 0.824. The molecule has 1 fully saturated rings. The van der Waals surface area contributed by atoms with Crippen LogP contribution in [0.25, 0.3) is 0 Å². The molecule has 1 saturated heterocycles. The van der Waals surface area contributed by atoms with Crippen molar-refractivity contribution in [2.24, 2.45) is 11.3 Å². The molecule has 0 spiro atoms. The monoisotopic (exact) mass is 357 g/mol. The van der Waals surface area contributed by atoms with E-state index >= 15 is 0 Å². The second-order valence-corrected chi connectivity index (χ2v) is 7.40. The Kier molecular flexibility index (Phi) is 6.20. The van der Waals surface area contributed by atoms with E-state index < -0.39 is 0 Å². The Morgan fingerprint density at radius 2 is 2.05 bits per heavy atom. The summed E-state index contributed by atoms with van der Waals surface area (Å²) in [5.41, 5.74) is 1.23. The topological polar surface area (TPSA) is 21.3 Å². The van der Waals surface area contributed by atoms with Crippen LogP contribution in [-0.2, 0) is 11.2 Å². The van der Waals surface area contributed by atoms with Gasteiger partial charge in [0, 0.05) is 24.2 Å². The highest BCUT2D eigenvalue weighted by atomic mass is 79.9. The molecule has 4 heteroatoms. The average Bonchev–Trinajstić information content (AvgIpc) is 2.43. The first kappa shape index (κ1) is 16.9. The molecular weight excluding hydrogens is 333 g/mol. The van der Waals surface area contributed by atoms with E-state index in [9.17, 15) is 4.39 Å². The summed E-state index contributed by atoms with van der Waals surface area (Å²) in [6.45, 7) is 8.02.